The smallest absolute Gasteiger partial charge is 0.0653 e. The van der Waals surface area contributed by atoms with Gasteiger partial charge in [-0.3, -0.25) is 0 Å². The fraction of sp³-hybridized carbons (Fsp3) is 0.700. The molecule has 0 spiro atoms. The molecular weight excluding hydrogens is 270 g/mol. The standard InChI is InChI=1S/C20H35NO/c1-2-22-21-19-15-10-8-6-4-3-5-7-9-12-16-20-17-13-11-14-18-20/h11,13-14,17-18,21H,2-10,12,15-16,19H2,1H3. The molecule has 1 aromatic rings. The number of hydrogen-bond donors (Lipinski definition) is 1. The zero-order valence-corrected chi connectivity index (χ0v) is 14.5. The van der Waals surface area contributed by atoms with Gasteiger partial charge in [-0.15, -0.1) is 0 Å². The third kappa shape index (κ3) is 11.8. The summed E-state index contributed by atoms with van der Waals surface area (Å²) >= 11 is 0. The highest BCUT2D eigenvalue weighted by atomic mass is 16.6. The van der Waals surface area contributed by atoms with Gasteiger partial charge in [-0.1, -0.05) is 81.7 Å². The van der Waals surface area contributed by atoms with Gasteiger partial charge in [0.05, 0.1) is 6.61 Å². The molecule has 1 aromatic carbocycles. The van der Waals surface area contributed by atoms with Crippen molar-refractivity contribution in [1.82, 2.24) is 5.48 Å². The Morgan fingerprint density at radius 3 is 1.86 bits per heavy atom. The van der Waals surface area contributed by atoms with E-state index in [9.17, 15) is 0 Å². The van der Waals surface area contributed by atoms with Crippen LogP contribution in [0.4, 0.5) is 0 Å². The molecule has 2 heteroatoms. The molecule has 22 heavy (non-hydrogen) atoms. The minimum atomic E-state index is 0.755. The second-order valence-electron chi connectivity index (χ2n) is 6.10. The first-order chi connectivity index (χ1) is 10.9. The molecular formula is C20H35NO. The lowest BCUT2D eigenvalue weighted by Gasteiger charge is -2.04. The van der Waals surface area contributed by atoms with Gasteiger partial charge in [-0.05, 0) is 31.7 Å². The van der Waals surface area contributed by atoms with Crippen molar-refractivity contribution in [1.29, 1.82) is 0 Å². The molecule has 2 nitrogen and oxygen atoms in total. The van der Waals surface area contributed by atoms with Crippen molar-refractivity contribution >= 4 is 0 Å². The average Bonchev–Trinajstić information content (AvgIpc) is 2.56. The Balaban J connectivity index is 1.73. The molecule has 0 atom stereocenters. The van der Waals surface area contributed by atoms with E-state index in [1.165, 1.54) is 76.2 Å². The summed E-state index contributed by atoms with van der Waals surface area (Å²) in [6.07, 6.45) is 15.0. The van der Waals surface area contributed by atoms with Gasteiger partial charge in [0.1, 0.15) is 0 Å². The SMILES string of the molecule is CCONCCCCCCCCCCCCc1ccccc1. The highest BCUT2D eigenvalue weighted by Gasteiger charge is 1.95. The molecule has 1 rings (SSSR count). The van der Waals surface area contributed by atoms with Gasteiger partial charge in [-0.2, -0.15) is 0 Å². The number of aryl methyl sites for hydroxylation is 1. The molecule has 126 valence electrons. The molecule has 0 saturated heterocycles. The van der Waals surface area contributed by atoms with E-state index in [1.54, 1.807) is 0 Å². The Labute approximate surface area is 137 Å². The Morgan fingerprint density at radius 1 is 0.727 bits per heavy atom. The van der Waals surface area contributed by atoms with Crippen molar-refractivity contribution in [3.63, 3.8) is 0 Å². The van der Waals surface area contributed by atoms with E-state index in [0.717, 1.165) is 13.2 Å². The molecule has 0 fully saturated rings. The topological polar surface area (TPSA) is 21.3 Å². The van der Waals surface area contributed by atoms with Crippen LogP contribution >= 0.6 is 0 Å². The lowest BCUT2D eigenvalue weighted by molar-refractivity contribution is 0.0500. The van der Waals surface area contributed by atoms with Crippen LogP contribution in [0.15, 0.2) is 30.3 Å². The molecule has 0 heterocycles. The van der Waals surface area contributed by atoms with Crippen molar-refractivity contribution in [2.24, 2.45) is 0 Å². The van der Waals surface area contributed by atoms with E-state index in [1.807, 2.05) is 6.92 Å². The number of benzene rings is 1. The Kier molecular flexibility index (Phi) is 13.1. The van der Waals surface area contributed by atoms with Crippen LogP contribution in [0.2, 0.25) is 0 Å². The summed E-state index contributed by atoms with van der Waals surface area (Å²) in [4.78, 5) is 5.10. The highest BCUT2D eigenvalue weighted by molar-refractivity contribution is 5.14. The molecule has 0 saturated carbocycles. The first-order valence-corrected chi connectivity index (χ1v) is 9.32. The molecule has 0 radical (unpaired) electrons. The molecule has 0 aliphatic rings. The van der Waals surface area contributed by atoms with Crippen LogP contribution in [0, 0.1) is 0 Å². The van der Waals surface area contributed by atoms with Crippen molar-refractivity contribution in [2.45, 2.75) is 77.6 Å². The van der Waals surface area contributed by atoms with Gasteiger partial charge < -0.3 is 4.84 Å². The van der Waals surface area contributed by atoms with E-state index in [2.05, 4.69) is 35.8 Å². The van der Waals surface area contributed by atoms with Crippen LogP contribution in [-0.4, -0.2) is 13.2 Å². The van der Waals surface area contributed by atoms with E-state index >= 15 is 0 Å². The predicted molar refractivity (Wildman–Crippen MR) is 95.9 cm³/mol. The van der Waals surface area contributed by atoms with E-state index < -0.39 is 0 Å². The Hall–Kier alpha value is -0.860. The van der Waals surface area contributed by atoms with Crippen molar-refractivity contribution in [3.05, 3.63) is 35.9 Å². The third-order valence-electron chi connectivity index (χ3n) is 4.08. The van der Waals surface area contributed by atoms with E-state index in [4.69, 9.17) is 4.84 Å². The van der Waals surface area contributed by atoms with Gasteiger partial charge in [0, 0.05) is 6.54 Å². The second kappa shape index (κ2) is 15.1. The zero-order chi connectivity index (χ0) is 15.7. The zero-order valence-electron chi connectivity index (χ0n) is 14.5. The number of unbranched alkanes of at least 4 members (excludes halogenated alkanes) is 9. The lowest BCUT2D eigenvalue weighted by atomic mass is 10.0. The number of rotatable bonds is 15. The monoisotopic (exact) mass is 305 g/mol. The second-order valence-corrected chi connectivity index (χ2v) is 6.10. The lowest BCUT2D eigenvalue weighted by Crippen LogP contribution is -2.15. The van der Waals surface area contributed by atoms with Crippen molar-refractivity contribution in [2.75, 3.05) is 13.2 Å². The highest BCUT2D eigenvalue weighted by Crippen LogP contribution is 2.12. The Bertz CT molecular complexity index is 326. The van der Waals surface area contributed by atoms with Gasteiger partial charge >= 0.3 is 0 Å². The first kappa shape index (κ1) is 19.2. The van der Waals surface area contributed by atoms with Crippen molar-refractivity contribution < 1.29 is 4.84 Å². The summed E-state index contributed by atoms with van der Waals surface area (Å²) in [6.45, 7) is 3.76. The average molecular weight is 306 g/mol. The minimum absolute atomic E-state index is 0.755. The number of hydroxylamine groups is 1. The largest absolute Gasteiger partial charge is 0.302 e. The maximum absolute atomic E-state index is 5.10. The van der Waals surface area contributed by atoms with E-state index in [0.29, 0.717) is 0 Å². The third-order valence-corrected chi connectivity index (χ3v) is 4.08. The van der Waals surface area contributed by atoms with Crippen LogP contribution < -0.4 is 5.48 Å². The maximum Gasteiger partial charge on any atom is 0.0653 e. The molecule has 1 N–H and O–H groups in total. The first-order valence-electron chi connectivity index (χ1n) is 9.32. The quantitative estimate of drug-likeness (QED) is 0.333. The molecule has 0 bridgehead atoms. The fourth-order valence-corrected chi connectivity index (χ4v) is 2.76. The summed E-state index contributed by atoms with van der Waals surface area (Å²) in [5.74, 6) is 0. The number of hydrogen-bond acceptors (Lipinski definition) is 2. The summed E-state index contributed by atoms with van der Waals surface area (Å²) in [5.41, 5.74) is 4.46. The molecule has 0 aliphatic heterocycles. The van der Waals surface area contributed by atoms with Crippen molar-refractivity contribution in [3.8, 4) is 0 Å². The molecule has 0 aliphatic carbocycles. The predicted octanol–water partition coefficient (Wildman–Crippen LogP) is 5.67. The van der Waals surface area contributed by atoms with Gasteiger partial charge in [0.25, 0.3) is 0 Å². The van der Waals surface area contributed by atoms with Crippen LogP contribution in [-0.2, 0) is 11.3 Å². The van der Waals surface area contributed by atoms with Crippen LogP contribution in [0.3, 0.4) is 0 Å². The van der Waals surface area contributed by atoms with Gasteiger partial charge in [-0.25, -0.2) is 5.48 Å². The van der Waals surface area contributed by atoms with E-state index in [-0.39, 0.29) is 0 Å². The molecule has 0 aromatic heterocycles. The van der Waals surface area contributed by atoms with Gasteiger partial charge in [0.15, 0.2) is 0 Å². The molecule has 0 amide bonds. The minimum Gasteiger partial charge on any atom is -0.302 e. The molecule has 0 unspecified atom stereocenters. The number of nitrogens with one attached hydrogen (secondary N) is 1. The van der Waals surface area contributed by atoms with Gasteiger partial charge in [0.2, 0.25) is 0 Å². The summed E-state index contributed by atoms with van der Waals surface area (Å²) in [7, 11) is 0. The van der Waals surface area contributed by atoms with Crippen LogP contribution in [0.5, 0.6) is 0 Å². The maximum atomic E-state index is 5.10. The Morgan fingerprint density at radius 2 is 1.27 bits per heavy atom. The summed E-state index contributed by atoms with van der Waals surface area (Å²) in [5, 5.41) is 0. The van der Waals surface area contributed by atoms with Crippen LogP contribution in [0.25, 0.3) is 0 Å². The summed E-state index contributed by atoms with van der Waals surface area (Å²) < 4.78 is 0. The summed E-state index contributed by atoms with van der Waals surface area (Å²) in [6, 6.07) is 10.9. The normalized spacial score (nSPS) is 11.0. The fourth-order valence-electron chi connectivity index (χ4n) is 2.76. The van der Waals surface area contributed by atoms with Crippen LogP contribution in [0.1, 0.15) is 76.7 Å².